The average molecular weight is 267 g/mol. The van der Waals surface area contributed by atoms with Gasteiger partial charge in [-0.05, 0) is 19.3 Å². The van der Waals surface area contributed by atoms with Crippen molar-refractivity contribution in [2.24, 2.45) is 11.8 Å². The lowest BCUT2D eigenvalue weighted by Gasteiger charge is -2.27. The first-order valence-electron chi connectivity index (χ1n) is 6.51. The van der Waals surface area contributed by atoms with Crippen LogP contribution in [0, 0.1) is 18.8 Å². The first-order valence-corrected chi connectivity index (χ1v) is 7.33. The van der Waals surface area contributed by atoms with Gasteiger partial charge in [0.15, 0.2) is 0 Å². The van der Waals surface area contributed by atoms with Gasteiger partial charge in [0, 0.05) is 25.6 Å². The van der Waals surface area contributed by atoms with Gasteiger partial charge in [-0.2, -0.15) is 0 Å². The quantitative estimate of drug-likeness (QED) is 0.852. The number of hydrogen-bond donors (Lipinski definition) is 2. The highest BCUT2D eigenvalue weighted by Crippen LogP contribution is 2.20. The molecule has 0 unspecified atom stereocenters. The topological polar surface area (TPSA) is 54.0 Å². The number of amides is 1. The highest BCUT2D eigenvalue weighted by molar-refractivity contribution is 7.13. The van der Waals surface area contributed by atoms with Crippen LogP contribution in [-0.2, 0) is 6.42 Å². The highest BCUT2D eigenvalue weighted by Gasteiger charge is 2.21. The molecule has 2 heterocycles. The molecule has 1 aliphatic heterocycles. The number of carbonyl (C=O) groups excluding carboxylic acids is 1. The van der Waals surface area contributed by atoms with Crippen LogP contribution in [0.3, 0.4) is 0 Å². The Morgan fingerprint density at radius 3 is 2.83 bits per heavy atom. The Hall–Kier alpha value is -0.940. The molecule has 0 atom stereocenters. The summed E-state index contributed by atoms with van der Waals surface area (Å²) in [7, 11) is 0. The van der Waals surface area contributed by atoms with E-state index in [1.54, 1.807) is 0 Å². The van der Waals surface area contributed by atoms with Crippen molar-refractivity contribution in [1.82, 2.24) is 15.6 Å². The first kappa shape index (κ1) is 13.5. The molecule has 0 aromatic carbocycles. The Balaban J connectivity index is 1.98. The van der Waals surface area contributed by atoms with E-state index >= 15 is 0 Å². The van der Waals surface area contributed by atoms with Gasteiger partial charge in [-0.15, -0.1) is 11.3 Å². The van der Waals surface area contributed by atoms with Crippen LogP contribution in [0.15, 0.2) is 0 Å². The van der Waals surface area contributed by atoms with E-state index in [1.165, 1.54) is 11.3 Å². The highest BCUT2D eigenvalue weighted by atomic mass is 32.1. The lowest BCUT2D eigenvalue weighted by molar-refractivity contribution is 0.0945. The molecule has 2 rings (SSSR count). The summed E-state index contributed by atoms with van der Waals surface area (Å²) in [5, 5.41) is 7.20. The molecule has 1 aromatic rings. The number of thiazole rings is 1. The van der Waals surface area contributed by atoms with Gasteiger partial charge in [0.2, 0.25) is 0 Å². The molecule has 0 bridgehead atoms. The number of hydrogen-bond acceptors (Lipinski definition) is 4. The molecule has 1 fully saturated rings. The van der Waals surface area contributed by atoms with E-state index < -0.39 is 0 Å². The maximum Gasteiger partial charge on any atom is 0.263 e. The smallest absolute Gasteiger partial charge is 0.263 e. The van der Waals surface area contributed by atoms with Crippen LogP contribution in [-0.4, -0.2) is 30.5 Å². The molecule has 1 aromatic heterocycles. The Morgan fingerprint density at radius 1 is 1.56 bits per heavy atom. The Morgan fingerprint density at radius 2 is 2.28 bits per heavy atom. The van der Waals surface area contributed by atoms with Crippen molar-refractivity contribution < 1.29 is 4.79 Å². The predicted octanol–water partition coefficient (Wildman–Crippen LogP) is 1.60. The minimum Gasteiger partial charge on any atom is -0.351 e. The van der Waals surface area contributed by atoms with Crippen molar-refractivity contribution in [2.75, 3.05) is 19.6 Å². The maximum absolute atomic E-state index is 12.1. The molecule has 2 N–H and O–H groups in total. The summed E-state index contributed by atoms with van der Waals surface area (Å²) in [6.45, 7) is 9.06. The number of rotatable bonds is 5. The number of nitrogens with zero attached hydrogens (tertiary/aromatic N) is 1. The third kappa shape index (κ3) is 3.29. The van der Waals surface area contributed by atoms with Crippen molar-refractivity contribution in [1.29, 1.82) is 0 Å². The third-order valence-corrected chi connectivity index (χ3v) is 4.04. The molecule has 5 heteroatoms. The van der Waals surface area contributed by atoms with E-state index in [9.17, 15) is 4.79 Å². The van der Waals surface area contributed by atoms with Crippen LogP contribution in [0.4, 0.5) is 0 Å². The largest absolute Gasteiger partial charge is 0.351 e. The number of aromatic nitrogens is 1. The normalized spacial score (nSPS) is 15.8. The first-order chi connectivity index (χ1) is 8.56. The van der Waals surface area contributed by atoms with Crippen LogP contribution in [0.2, 0.25) is 0 Å². The monoisotopic (exact) mass is 267 g/mol. The Labute approximate surface area is 112 Å². The van der Waals surface area contributed by atoms with Crippen LogP contribution < -0.4 is 10.6 Å². The molecule has 18 heavy (non-hydrogen) atoms. The number of carbonyl (C=O) groups is 1. The summed E-state index contributed by atoms with van der Waals surface area (Å²) in [5.41, 5.74) is 0.955. The van der Waals surface area contributed by atoms with Crippen LogP contribution in [0.25, 0.3) is 0 Å². The summed E-state index contributed by atoms with van der Waals surface area (Å²) in [6.07, 6.45) is 0.873. The van der Waals surface area contributed by atoms with Crippen LogP contribution >= 0.6 is 11.3 Å². The van der Waals surface area contributed by atoms with Gasteiger partial charge in [-0.25, -0.2) is 4.98 Å². The van der Waals surface area contributed by atoms with E-state index in [0.717, 1.165) is 41.6 Å². The molecule has 0 radical (unpaired) electrons. The molecule has 0 spiro atoms. The van der Waals surface area contributed by atoms with Crippen LogP contribution in [0.1, 0.15) is 34.2 Å². The number of nitrogens with one attached hydrogen (secondary N) is 2. The van der Waals surface area contributed by atoms with E-state index in [0.29, 0.717) is 11.8 Å². The summed E-state index contributed by atoms with van der Waals surface area (Å²) >= 11 is 1.50. The molecule has 1 saturated heterocycles. The zero-order chi connectivity index (χ0) is 13.1. The fraction of sp³-hybridized carbons (Fsp3) is 0.692. The van der Waals surface area contributed by atoms with Gasteiger partial charge in [0.05, 0.1) is 10.7 Å². The zero-order valence-corrected chi connectivity index (χ0v) is 12.1. The maximum atomic E-state index is 12.1. The van der Waals surface area contributed by atoms with Gasteiger partial charge < -0.3 is 10.6 Å². The van der Waals surface area contributed by atoms with Crippen molar-refractivity contribution in [3.63, 3.8) is 0 Å². The average Bonchev–Trinajstić information content (AvgIpc) is 2.56. The van der Waals surface area contributed by atoms with Gasteiger partial charge in [0.1, 0.15) is 4.88 Å². The van der Waals surface area contributed by atoms with Gasteiger partial charge in [-0.3, -0.25) is 4.79 Å². The van der Waals surface area contributed by atoms with Gasteiger partial charge in [0.25, 0.3) is 5.91 Å². The SMILES string of the molecule is Cc1nc(CC(C)C)c(C(=O)NCC2CNC2)s1. The fourth-order valence-electron chi connectivity index (χ4n) is 1.98. The summed E-state index contributed by atoms with van der Waals surface area (Å²) in [5.74, 6) is 1.16. The fourth-order valence-corrected chi connectivity index (χ4v) is 2.85. The molecule has 0 aliphatic carbocycles. The standard InChI is InChI=1S/C13H21N3OS/c1-8(2)4-11-12(18-9(3)16-11)13(17)15-7-10-5-14-6-10/h8,10,14H,4-7H2,1-3H3,(H,15,17). The lowest BCUT2D eigenvalue weighted by atomic mass is 10.0. The summed E-state index contributed by atoms with van der Waals surface area (Å²) < 4.78 is 0. The van der Waals surface area contributed by atoms with Crippen molar-refractivity contribution in [3.8, 4) is 0 Å². The zero-order valence-electron chi connectivity index (χ0n) is 11.2. The van der Waals surface area contributed by atoms with Crippen molar-refractivity contribution >= 4 is 17.2 Å². The Kier molecular flexibility index (Phi) is 4.35. The second kappa shape index (κ2) is 5.80. The van der Waals surface area contributed by atoms with Crippen LogP contribution in [0.5, 0.6) is 0 Å². The van der Waals surface area contributed by atoms with E-state index in [-0.39, 0.29) is 5.91 Å². The lowest BCUT2D eigenvalue weighted by Crippen LogP contribution is -2.48. The summed E-state index contributed by atoms with van der Waals surface area (Å²) in [4.78, 5) is 17.4. The molecular formula is C13H21N3OS. The van der Waals surface area contributed by atoms with Gasteiger partial charge in [-0.1, -0.05) is 13.8 Å². The third-order valence-electron chi connectivity index (χ3n) is 3.03. The number of aryl methyl sites for hydroxylation is 1. The second-order valence-corrected chi connectivity index (χ2v) is 6.54. The second-order valence-electron chi connectivity index (χ2n) is 5.34. The molecule has 1 amide bonds. The molecular weight excluding hydrogens is 246 g/mol. The minimum atomic E-state index is 0.0446. The van der Waals surface area contributed by atoms with Gasteiger partial charge >= 0.3 is 0 Å². The van der Waals surface area contributed by atoms with Crippen molar-refractivity contribution in [3.05, 3.63) is 15.6 Å². The molecule has 0 saturated carbocycles. The van der Waals surface area contributed by atoms with Crippen molar-refractivity contribution in [2.45, 2.75) is 27.2 Å². The minimum absolute atomic E-state index is 0.0446. The molecule has 4 nitrogen and oxygen atoms in total. The summed E-state index contributed by atoms with van der Waals surface area (Å²) in [6, 6.07) is 0. The predicted molar refractivity (Wildman–Crippen MR) is 74.1 cm³/mol. The van der Waals surface area contributed by atoms with E-state index in [2.05, 4.69) is 29.5 Å². The van der Waals surface area contributed by atoms with E-state index in [1.807, 2.05) is 6.92 Å². The molecule has 1 aliphatic rings. The molecule has 100 valence electrons. The Bertz CT molecular complexity index is 424. The van der Waals surface area contributed by atoms with E-state index in [4.69, 9.17) is 0 Å².